The first-order valence-corrected chi connectivity index (χ1v) is 12.1. The number of benzene rings is 2. The van der Waals surface area contributed by atoms with Gasteiger partial charge in [-0.2, -0.15) is 5.10 Å². The molecule has 32 heavy (non-hydrogen) atoms. The number of hydrogen-bond donors (Lipinski definition) is 2. The lowest BCUT2D eigenvalue weighted by atomic mass is 10.3. The van der Waals surface area contributed by atoms with Gasteiger partial charge in [0.05, 0.1) is 27.3 Å². The van der Waals surface area contributed by atoms with Gasteiger partial charge in [0.15, 0.2) is 0 Å². The van der Waals surface area contributed by atoms with Gasteiger partial charge < -0.3 is 10.3 Å². The average Bonchev–Trinajstić information content (AvgIpc) is 3.52. The highest BCUT2D eigenvalue weighted by Crippen LogP contribution is 2.33. The molecule has 0 atom stereocenters. The summed E-state index contributed by atoms with van der Waals surface area (Å²) in [5.74, 6) is 0.591. The van der Waals surface area contributed by atoms with E-state index in [4.69, 9.17) is 0 Å². The Kier molecular flexibility index (Phi) is 4.95. The number of para-hydroxylation sites is 1. The van der Waals surface area contributed by atoms with E-state index in [1.165, 1.54) is 15.6 Å². The minimum absolute atomic E-state index is 0.268. The molecule has 3 heterocycles. The Labute approximate surface area is 189 Å². The van der Waals surface area contributed by atoms with Crippen LogP contribution in [-0.4, -0.2) is 35.2 Å². The summed E-state index contributed by atoms with van der Waals surface area (Å²) in [7, 11) is -0.337. The van der Waals surface area contributed by atoms with Gasteiger partial charge in [0.2, 0.25) is 5.95 Å². The molecule has 0 spiro atoms. The van der Waals surface area contributed by atoms with Crippen LogP contribution in [0.25, 0.3) is 21.6 Å². The number of nitrogens with zero attached hydrogens (tertiary/aromatic N) is 4. The smallest absolute Gasteiger partial charge is 0.273 e. The predicted molar refractivity (Wildman–Crippen MR) is 128 cm³/mol. The molecule has 0 fully saturated rings. The fourth-order valence-electron chi connectivity index (χ4n) is 3.39. The van der Waals surface area contributed by atoms with Crippen molar-refractivity contribution in [3.8, 4) is 10.6 Å². The Balaban J connectivity index is 1.43. The van der Waals surface area contributed by atoms with Crippen LogP contribution >= 0.6 is 11.3 Å². The number of nitrogens with one attached hydrogen (secondary N) is 2. The number of imidazole rings is 1. The third kappa shape index (κ3) is 3.63. The van der Waals surface area contributed by atoms with Gasteiger partial charge in [-0.1, -0.05) is 18.2 Å². The first-order valence-electron chi connectivity index (χ1n) is 9.81. The molecule has 2 aromatic carbocycles. The summed E-state index contributed by atoms with van der Waals surface area (Å²) >= 11 is 1.22. The zero-order valence-corrected chi connectivity index (χ0v) is 19.0. The number of thiophene rings is 1. The van der Waals surface area contributed by atoms with E-state index in [9.17, 15) is 8.42 Å². The summed E-state index contributed by atoms with van der Waals surface area (Å²) in [5.41, 5.74) is 3.80. The van der Waals surface area contributed by atoms with E-state index >= 15 is 0 Å². The lowest BCUT2D eigenvalue weighted by Crippen LogP contribution is -2.25. The molecule has 3 aromatic heterocycles. The number of rotatable bonds is 6. The molecule has 2 N–H and O–H groups in total. The molecule has 10 heteroatoms. The SMILES string of the molecule is CN(c1ccc2[nH]c(Nc3ccccc3)nc2c1)S(=O)(=O)c1ccc(-c2ccnn2C)s1. The quantitative estimate of drug-likeness (QED) is 0.383. The molecule has 162 valence electrons. The van der Waals surface area contributed by atoms with Gasteiger partial charge in [-0.05, 0) is 48.5 Å². The number of sulfonamides is 1. The third-order valence-electron chi connectivity index (χ3n) is 5.14. The molecule has 0 saturated heterocycles. The summed E-state index contributed by atoms with van der Waals surface area (Å²) in [5, 5.41) is 7.37. The Morgan fingerprint density at radius 2 is 1.88 bits per heavy atom. The Morgan fingerprint density at radius 3 is 2.62 bits per heavy atom. The zero-order valence-electron chi connectivity index (χ0n) is 17.4. The van der Waals surface area contributed by atoms with E-state index in [2.05, 4.69) is 20.4 Å². The van der Waals surface area contributed by atoms with Crippen LogP contribution in [-0.2, 0) is 17.1 Å². The first-order chi connectivity index (χ1) is 15.4. The standard InChI is InChI=1S/C22H20N6O2S2/c1-27-19(12-13-23-27)20-10-11-21(31-20)32(29,30)28(2)16-8-9-17-18(14-16)26-22(25-17)24-15-6-4-3-5-7-15/h3-14H,1-2H3,(H2,24,25,26). The third-order valence-corrected chi connectivity index (χ3v) is 8.50. The highest BCUT2D eigenvalue weighted by atomic mass is 32.2. The fraction of sp³-hybridized carbons (Fsp3) is 0.0909. The van der Waals surface area contributed by atoms with Crippen LogP contribution in [0.1, 0.15) is 0 Å². The van der Waals surface area contributed by atoms with Crippen LogP contribution in [0.2, 0.25) is 0 Å². The number of hydrogen-bond acceptors (Lipinski definition) is 6. The predicted octanol–water partition coefficient (Wildman–Crippen LogP) is 4.59. The van der Waals surface area contributed by atoms with E-state index in [0.29, 0.717) is 17.2 Å². The molecule has 0 radical (unpaired) electrons. The van der Waals surface area contributed by atoms with Gasteiger partial charge in [0.25, 0.3) is 10.0 Å². The van der Waals surface area contributed by atoms with Crippen molar-refractivity contribution < 1.29 is 8.42 Å². The number of aromatic nitrogens is 4. The van der Waals surface area contributed by atoms with E-state index in [1.807, 2.05) is 49.5 Å². The lowest BCUT2D eigenvalue weighted by molar-refractivity contribution is 0.596. The number of anilines is 3. The van der Waals surface area contributed by atoms with Gasteiger partial charge in [-0.15, -0.1) is 11.3 Å². The molecule has 0 aliphatic heterocycles. The topological polar surface area (TPSA) is 95.9 Å². The van der Waals surface area contributed by atoms with Gasteiger partial charge in [-0.3, -0.25) is 8.99 Å². The van der Waals surface area contributed by atoms with Crippen LogP contribution in [0.15, 0.2) is 77.1 Å². The van der Waals surface area contributed by atoms with Crippen LogP contribution in [0.5, 0.6) is 0 Å². The molecule has 0 bridgehead atoms. The largest absolute Gasteiger partial charge is 0.326 e. The molecule has 0 unspecified atom stereocenters. The van der Waals surface area contributed by atoms with Gasteiger partial charge in [0, 0.05) is 26.0 Å². The van der Waals surface area contributed by atoms with Crippen LogP contribution in [0.3, 0.4) is 0 Å². The summed E-state index contributed by atoms with van der Waals surface area (Å²) < 4.78 is 29.8. The van der Waals surface area contributed by atoms with Gasteiger partial charge in [-0.25, -0.2) is 13.4 Å². The number of H-pyrrole nitrogens is 1. The second kappa shape index (κ2) is 7.81. The maximum atomic E-state index is 13.3. The summed E-state index contributed by atoms with van der Waals surface area (Å²) in [4.78, 5) is 8.61. The van der Waals surface area contributed by atoms with Crippen molar-refractivity contribution >= 4 is 49.7 Å². The van der Waals surface area contributed by atoms with Gasteiger partial charge >= 0.3 is 0 Å². The minimum atomic E-state index is -3.72. The average molecular weight is 465 g/mol. The van der Waals surface area contributed by atoms with Crippen molar-refractivity contribution in [2.45, 2.75) is 4.21 Å². The van der Waals surface area contributed by atoms with Crippen molar-refractivity contribution in [2.24, 2.45) is 7.05 Å². The highest BCUT2D eigenvalue weighted by molar-refractivity contribution is 7.94. The Bertz CT molecular complexity index is 1500. The molecule has 0 aliphatic rings. The summed E-state index contributed by atoms with van der Waals surface area (Å²) in [6.07, 6.45) is 1.69. The molecule has 5 aromatic rings. The number of fused-ring (bicyclic) bond motifs is 1. The molecular weight excluding hydrogens is 444 g/mol. The molecule has 0 amide bonds. The van der Waals surface area contributed by atoms with Crippen LogP contribution < -0.4 is 9.62 Å². The molecule has 5 rings (SSSR count). The second-order valence-corrected chi connectivity index (χ2v) is 10.5. The van der Waals surface area contributed by atoms with Crippen molar-refractivity contribution in [1.82, 2.24) is 19.7 Å². The van der Waals surface area contributed by atoms with Crippen molar-refractivity contribution in [1.29, 1.82) is 0 Å². The highest BCUT2D eigenvalue weighted by Gasteiger charge is 2.24. The van der Waals surface area contributed by atoms with Crippen LogP contribution in [0, 0.1) is 0 Å². The van der Waals surface area contributed by atoms with E-state index in [0.717, 1.165) is 21.8 Å². The minimum Gasteiger partial charge on any atom is -0.326 e. The van der Waals surface area contributed by atoms with Crippen molar-refractivity contribution in [3.05, 3.63) is 72.9 Å². The maximum Gasteiger partial charge on any atom is 0.273 e. The molecule has 8 nitrogen and oxygen atoms in total. The zero-order chi connectivity index (χ0) is 22.3. The van der Waals surface area contributed by atoms with Gasteiger partial charge in [0.1, 0.15) is 4.21 Å². The normalized spacial score (nSPS) is 11.7. The second-order valence-electron chi connectivity index (χ2n) is 7.21. The molecular formula is C22H20N6O2S2. The van der Waals surface area contributed by atoms with Crippen molar-refractivity contribution in [2.75, 3.05) is 16.7 Å². The van der Waals surface area contributed by atoms with Crippen molar-refractivity contribution in [3.63, 3.8) is 0 Å². The monoisotopic (exact) mass is 464 g/mol. The van der Waals surface area contributed by atoms with E-state index < -0.39 is 10.0 Å². The first kappa shape index (κ1) is 20.3. The molecule has 0 saturated carbocycles. The molecule has 0 aliphatic carbocycles. The van der Waals surface area contributed by atoms with E-state index in [-0.39, 0.29) is 4.21 Å². The Morgan fingerprint density at radius 1 is 1.06 bits per heavy atom. The van der Waals surface area contributed by atoms with Crippen LogP contribution in [0.4, 0.5) is 17.3 Å². The van der Waals surface area contributed by atoms with E-state index in [1.54, 1.807) is 42.2 Å². The number of aromatic amines is 1. The fourth-order valence-corrected chi connectivity index (χ4v) is 6.11. The summed E-state index contributed by atoms with van der Waals surface area (Å²) in [6, 6.07) is 20.4. The maximum absolute atomic E-state index is 13.3. The summed E-state index contributed by atoms with van der Waals surface area (Å²) in [6.45, 7) is 0. The lowest BCUT2D eigenvalue weighted by Gasteiger charge is -2.18. The number of aryl methyl sites for hydroxylation is 1. The Hall–Kier alpha value is -3.63.